The minimum atomic E-state index is -0.197. The number of ether oxygens (including phenoxy) is 1. The van der Waals surface area contributed by atoms with Crippen molar-refractivity contribution >= 4 is 17.5 Å². The number of carbonyl (C=O) groups is 1. The number of halogens is 1. The van der Waals surface area contributed by atoms with Crippen molar-refractivity contribution in [2.75, 3.05) is 32.8 Å². The molecule has 2 heterocycles. The van der Waals surface area contributed by atoms with Crippen molar-refractivity contribution in [1.29, 1.82) is 0 Å². The third-order valence-corrected chi connectivity index (χ3v) is 6.26. The Balaban J connectivity index is 1.48. The van der Waals surface area contributed by atoms with E-state index < -0.39 is 0 Å². The molecule has 4 rings (SSSR count). The largest absolute Gasteiger partial charge is 0.379 e. The normalized spacial score (nSPS) is 15.5. The molecule has 1 amide bonds. The van der Waals surface area contributed by atoms with Crippen LogP contribution in [0.1, 0.15) is 38.8 Å². The Kier molecular flexibility index (Phi) is 7.25. The van der Waals surface area contributed by atoms with E-state index in [9.17, 15) is 4.79 Å². The van der Waals surface area contributed by atoms with E-state index in [4.69, 9.17) is 16.3 Å². The summed E-state index contributed by atoms with van der Waals surface area (Å²) in [6, 6.07) is 18.6. The molecule has 7 heteroatoms. The van der Waals surface area contributed by atoms with Crippen LogP contribution in [-0.2, 0) is 11.3 Å². The van der Waals surface area contributed by atoms with Crippen LogP contribution in [0, 0.1) is 13.8 Å². The van der Waals surface area contributed by atoms with E-state index >= 15 is 0 Å². The van der Waals surface area contributed by atoms with Gasteiger partial charge >= 0.3 is 0 Å². The summed E-state index contributed by atoms with van der Waals surface area (Å²) in [5, 5.41) is 7.99. The lowest BCUT2D eigenvalue weighted by molar-refractivity contribution is 0.0162. The van der Waals surface area contributed by atoms with E-state index in [0.29, 0.717) is 42.7 Å². The summed E-state index contributed by atoms with van der Waals surface area (Å²) in [5.74, 6) is -0.197. The molecule has 1 saturated heterocycles. The monoisotopic (exact) mass is 452 g/mol. The number of morpholine rings is 1. The number of hydrogen-bond acceptors (Lipinski definition) is 4. The highest BCUT2D eigenvalue weighted by atomic mass is 35.5. The highest BCUT2D eigenvalue weighted by Gasteiger charge is 2.25. The van der Waals surface area contributed by atoms with Gasteiger partial charge in [-0.25, -0.2) is 4.68 Å². The SMILES string of the molecule is Cc1ccc(Cn2nc(C)c(C(=O)NCC(c3ccccc3)N3CCOCC3)c2Cl)cc1. The molecule has 1 fully saturated rings. The first kappa shape index (κ1) is 22.5. The number of nitrogens with zero attached hydrogens (tertiary/aromatic N) is 3. The van der Waals surface area contributed by atoms with Gasteiger partial charge in [-0.15, -0.1) is 0 Å². The molecule has 1 aliphatic heterocycles. The molecule has 2 aromatic carbocycles. The predicted molar refractivity (Wildman–Crippen MR) is 126 cm³/mol. The van der Waals surface area contributed by atoms with Gasteiger partial charge in [0, 0.05) is 19.6 Å². The van der Waals surface area contributed by atoms with Crippen LogP contribution in [0.4, 0.5) is 0 Å². The van der Waals surface area contributed by atoms with E-state index in [1.54, 1.807) is 4.68 Å². The number of hydrogen-bond donors (Lipinski definition) is 1. The maximum absolute atomic E-state index is 13.1. The summed E-state index contributed by atoms with van der Waals surface area (Å²) < 4.78 is 7.20. The van der Waals surface area contributed by atoms with Crippen molar-refractivity contribution < 1.29 is 9.53 Å². The van der Waals surface area contributed by atoms with E-state index in [-0.39, 0.29) is 11.9 Å². The summed E-state index contributed by atoms with van der Waals surface area (Å²) in [6.45, 7) is 7.96. The van der Waals surface area contributed by atoms with Crippen LogP contribution in [0.15, 0.2) is 54.6 Å². The van der Waals surface area contributed by atoms with Gasteiger partial charge in [0.25, 0.3) is 5.91 Å². The quantitative estimate of drug-likeness (QED) is 0.588. The Bertz CT molecular complexity index is 1040. The van der Waals surface area contributed by atoms with Crippen LogP contribution < -0.4 is 5.32 Å². The molecule has 1 unspecified atom stereocenters. The molecule has 0 radical (unpaired) electrons. The van der Waals surface area contributed by atoms with E-state index in [2.05, 4.69) is 58.6 Å². The zero-order valence-corrected chi connectivity index (χ0v) is 19.3. The zero-order valence-electron chi connectivity index (χ0n) is 18.6. The molecule has 3 aromatic rings. The Hall–Kier alpha value is -2.67. The molecule has 0 bridgehead atoms. The molecular formula is C25H29ClN4O2. The molecule has 168 valence electrons. The summed E-state index contributed by atoms with van der Waals surface area (Å²) in [4.78, 5) is 15.5. The average Bonchev–Trinajstić information content (AvgIpc) is 3.09. The van der Waals surface area contributed by atoms with Crippen LogP contribution in [0.3, 0.4) is 0 Å². The molecule has 0 saturated carbocycles. The number of aryl methyl sites for hydroxylation is 2. The average molecular weight is 453 g/mol. The molecule has 0 aliphatic carbocycles. The Morgan fingerprint density at radius 2 is 1.78 bits per heavy atom. The second kappa shape index (κ2) is 10.3. The van der Waals surface area contributed by atoms with Crippen molar-refractivity contribution in [2.24, 2.45) is 0 Å². The second-order valence-electron chi connectivity index (χ2n) is 8.18. The highest BCUT2D eigenvalue weighted by Crippen LogP contribution is 2.24. The lowest BCUT2D eigenvalue weighted by atomic mass is 10.0. The number of carbonyl (C=O) groups excluding carboxylic acids is 1. The lowest BCUT2D eigenvalue weighted by Gasteiger charge is -2.34. The molecule has 1 aromatic heterocycles. The first-order valence-corrected chi connectivity index (χ1v) is 11.3. The molecule has 6 nitrogen and oxygen atoms in total. The minimum absolute atomic E-state index is 0.0748. The standard InChI is InChI=1S/C25H29ClN4O2/c1-18-8-10-20(11-9-18)17-30-24(26)23(19(2)28-30)25(31)27-16-22(21-6-4-3-5-7-21)29-12-14-32-15-13-29/h3-11,22H,12-17H2,1-2H3,(H,27,31). The van der Waals surface area contributed by atoms with Gasteiger partial charge in [-0.05, 0) is 25.0 Å². The number of aromatic nitrogens is 2. The van der Waals surface area contributed by atoms with Gasteiger partial charge in [0.05, 0.1) is 37.1 Å². The van der Waals surface area contributed by atoms with Crippen LogP contribution in [-0.4, -0.2) is 53.4 Å². The number of nitrogens with one attached hydrogen (secondary N) is 1. The van der Waals surface area contributed by atoms with Crippen LogP contribution in [0.2, 0.25) is 5.15 Å². The summed E-state index contributed by atoms with van der Waals surface area (Å²) in [5.41, 5.74) is 4.52. The number of amides is 1. The van der Waals surface area contributed by atoms with Gasteiger partial charge in [0.15, 0.2) is 0 Å². The molecule has 1 aliphatic rings. The molecule has 1 atom stereocenters. The van der Waals surface area contributed by atoms with E-state index in [0.717, 1.165) is 18.7 Å². The fraction of sp³-hybridized carbons (Fsp3) is 0.360. The topological polar surface area (TPSA) is 59.4 Å². The zero-order chi connectivity index (χ0) is 22.5. The first-order valence-electron chi connectivity index (χ1n) is 11.0. The summed E-state index contributed by atoms with van der Waals surface area (Å²) in [6.07, 6.45) is 0. The lowest BCUT2D eigenvalue weighted by Crippen LogP contribution is -2.43. The van der Waals surface area contributed by atoms with Gasteiger partial charge in [-0.3, -0.25) is 9.69 Å². The molecular weight excluding hydrogens is 424 g/mol. The number of benzene rings is 2. The van der Waals surface area contributed by atoms with Gasteiger partial charge < -0.3 is 10.1 Å². The van der Waals surface area contributed by atoms with Crippen molar-refractivity contribution in [2.45, 2.75) is 26.4 Å². The third-order valence-electron chi connectivity index (χ3n) is 5.87. The van der Waals surface area contributed by atoms with E-state index in [1.165, 1.54) is 11.1 Å². The molecule has 0 spiro atoms. The predicted octanol–water partition coefficient (Wildman–Crippen LogP) is 4.00. The smallest absolute Gasteiger partial charge is 0.256 e. The van der Waals surface area contributed by atoms with Crippen molar-refractivity contribution in [3.05, 3.63) is 87.7 Å². The Labute approximate surface area is 194 Å². The Morgan fingerprint density at radius 3 is 2.47 bits per heavy atom. The van der Waals surface area contributed by atoms with Crippen molar-refractivity contribution in [3.8, 4) is 0 Å². The third kappa shape index (κ3) is 5.21. The Morgan fingerprint density at radius 1 is 1.09 bits per heavy atom. The maximum Gasteiger partial charge on any atom is 0.256 e. The van der Waals surface area contributed by atoms with Crippen LogP contribution >= 0.6 is 11.6 Å². The van der Waals surface area contributed by atoms with E-state index in [1.807, 2.05) is 25.1 Å². The minimum Gasteiger partial charge on any atom is -0.379 e. The number of rotatable bonds is 7. The second-order valence-corrected chi connectivity index (χ2v) is 8.54. The molecule has 32 heavy (non-hydrogen) atoms. The van der Waals surface area contributed by atoms with Crippen molar-refractivity contribution in [3.63, 3.8) is 0 Å². The fourth-order valence-electron chi connectivity index (χ4n) is 4.08. The van der Waals surface area contributed by atoms with Crippen LogP contribution in [0.5, 0.6) is 0 Å². The highest BCUT2D eigenvalue weighted by molar-refractivity contribution is 6.33. The first-order chi connectivity index (χ1) is 15.5. The summed E-state index contributed by atoms with van der Waals surface area (Å²) in [7, 11) is 0. The van der Waals surface area contributed by atoms with Gasteiger partial charge in [0.1, 0.15) is 5.15 Å². The fourth-order valence-corrected chi connectivity index (χ4v) is 4.40. The van der Waals surface area contributed by atoms with Gasteiger partial charge in [-0.1, -0.05) is 71.8 Å². The van der Waals surface area contributed by atoms with Gasteiger partial charge in [-0.2, -0.15) is 5.10 Å². The molecule has 1 N–H and O–H groups in total. The van der Waals surface area contributed by atoms with Crippen molar-refractivity contribution in [1.82, 2.24) is 20.0 Å². The summed E-state index contributed by atoms with van der Waals surface area (Å²) >= 11 is 6.60. The maximum atomic E-state index is 13.1. The van der Waals surface area contributed by atoms with Crippen LogP contribution in [0.25, 0.3) is 0 Å². The van der Waals surface area contributed by atoms with Gasteiger partial charge in [0.2, 0.25) is 0 Å².